The van der Waals surface area contributed by atoms with Gasteiger partial charge in [-0.25, -0.2) is 9.78 Å². The lowest BCUT2D eigenvalue weighted by molar-refractivity contribution is -0.137. The Balaban J connectivity index is 2.04. The number of nitrogens with zero attached hydrogens (tertiary/aromatic N) is 1. The summed E-state index contributed by atoms with van der Waals surface area (Å²) in [7, 11) is 0. The first-order valence-corrected chi connectivity index (χ1v) is 8.44. The molecule has 0 aliphatic carbocycles. The van der Waals surface area contributed by atoms with Crippen molar-refractivity contribution < 1.29 is 14.6 Å². The van der Waals surface area contributed by atoms with Gasteiger partial charge in [0.15, 0.2) is 0 Å². The number of aromatic nitrogens is 1. The summed E-state index contributed by atoms with van der Waals surface area (Å²) in [6.07, 6.45) is 2.89. The van der Waals surface area contributed by atoms with Crippen LogP contribution in [0.4, 0.5) is 0 Å². The number of thiazole rings is 1. The van der Waals surface area contributed by atoms with Crippen LogP contribution < -0.4 is 0 Å². The summed E-state index contributed by atoms with van der Waals surface area (Å²) in [6, 6.07) is 11.6. The summed E-state index contributed by atoms with van der Waals surface area (Å²) in [5, 5.41) is 11.4. The molecule has 0 fully saturated rings. The van der Waals surface area contributed by atoms with Crippen LogP contribution in [0.1, 0.15) is 18.1 Å². The van der Waals surface area contributed by atoms with Crippen LogP contribution in [0.15, 0.2) is 42.5 Å². The van der Waals surface area contributed by atoms with Crippen molar-refractivity contribution in [3.63, 3.8) is 0 Å². The van der Waals surface area contributed by atoms with Crippen molar-refractivity contribution in [2.45, 2.75) is 13.8 Å². The number of esters is 1. The minimum absolute atomic E-state index is 0.111. The first-order valence-electron chi connectivity index (χ1n) is 7.63. The number of para-hydroxylation sites is 1. The molecule has 0 amide bonds. The number of hydrogen-bond acceptors (Lipinski definition) is 5. The zero-order chi connectivity index (χ0) is 17.1. The van der Waals surface area contributed by atoms with Crippen LogP contribution in [0.3, 0.4) is 0 Å². The van der Waals surface area contributed by atoms with E-state index in [1.54, 1.807) is 13.0 Å². The van der Waals surface area contributed by atoms with Crippen molar-refractivity contribution >= 4 is 33.6 Å². The second-order valence-electron chi connectivity index (χ2n) is 5.32. The molecule has 2 aromatic carbocycles. The summed E-state index contributed by atoms with van der Waals surface area (Å²) < 4.78 is 5.94. The lowest BCUT2D eigenvalue weighted by Crippen LogP contribution is -1.98. The van der Waals surface area contributed by atoms with Crippen LogP contribution in [0, 0.1) is 6.92 Å². The van der Waals surface area contributed by atoms with Gasteiger partial charge in [-0.2, -0.15) is 0 Å². The lowest BCUT2D eigenvalue weighted by atomic mass is 10.0. The fraction of sp³-hybridized carbons (Fsp3) is 0.158. The van der Waals surface area contributed by atoms with Crippen molar-refractivity contribution in [2.24, 2.45) is 0 Å². The monoisotopic (exact) mass is 339 g/mol. The third-order valence-corrected chi connectivity index (χ3v) is 4.56. The molecular weight excluding hydrogens is 322 g/mol. The van der Waals surface area contributed by atoms with E-state index < -0.39 is 5.97 Å². The topological polar surface area (TPSA) is 59.4 Å². The normalized spacial score (nSPS) is 11.2. The molecule has 4 nitrogen and oxygen atoms in total. The Bertz CT molecular complexity index is 895. The second-order valence-corrected chi connectivity index (χ2v) is 6.35. The molecule has 0 aliphatic rings. The number of ether oxygens (including phenoxy) is 1. The number of carbonyl (C=O) groups excluding carboxylic acids is 1. The second kappa shape index (κ2) is 6.84. The Labute approximate surface area is 144 Å². The number of phenols is 1. The number of rotatable bonds is 4. The van der Waals surface area contributed by atoms with E-state index >= 15 is 0 Å². The molecule has 24 heavy (non-hydrogen) atoms. The summed E-state index contributed by atoms with van der Waals surface area (Å²) in [5.41, 5.74) is 3.12. The first-order chi connectivity index (χ1) is 11.6. The van der Waals surface area contributed by atoms with Crippen LogP contribution in [0.2, 0.25) is 0 Å². The zero-order valence-electron chi connectivity index (χ0n) is 13.4. The maximum Gasteiger partial charge on any atom is 0.330 e. The quantitative estimate of drug-likeness (QED) is 0.559. The van der Waals surface area contributed by atoms with E-state index in [2.05, 4.69) is 4.98 Å². The first kappa shape index (κ1) is 16.2. The fourth-order valence-electron chi connectivity index (χ4n) is 2.43. The van der Waals surface area contributed by atoms with Crippen LogP contribution >= 0.6 is 11.3 Å². The van der Waals surface area contributed by atoms with Gasteiger partial charge in [0, 0.05) is 11.6 Å². The zero-order valence-corrected chi connectivity index (χ0v) is 14.3. The van der Waals surface area contributed by atoms with E-state index in [9.17, 15) is 9.90 Å². The summed E-state index contributed by atoms with van der Waals surface area (Å²) >= 11 is 1.53. The van der Waals surface area contributed by atoms with Gasteiger partial charge in [-0.1, -0.05) is 12.1 Å². The van der Waals surface area contributed by atoms with E-state index in [-0.39, 0.29) is 5.75 Å². The molecule has 0 radical (unpaired) electrons. The average Bonchev–Trinajstić information content (AvgIpc) is 2.99. The summed E-state index contributed by atoms with van der Waals surface area (Å²) in [6.45, 7) is 4.01. The van der Waals surface area contributed by atoms with Crippen LogP contribution in [0.25, 0.3) is 26.9 Å². The number of fused-ring (bicyclic) bond motifs is 1. The standard InChI is InChI=1S/C19H17NO3S/c1-3-23-17(21)9-8-13-10-12(2)11-14(18(13)22)19-20-15-6-4-5-7-16(15)24-19/h4-11,22H,3H2,1-2H3/b9-8+. The minimum atomic E-state index is -0.431. The molecule has 0 bridgehead atoms. The fourth-order valence-corrected chi connectivity index (χ4v) is 3.42. The summed E-state index contributed by atoms with van der Waals surface area (Å²) in [4.78, 5) is 16.1. The lowest BCUT2D eigenvalue weighted by Gasteiger charge is -2.07. The number of hydrogen-bond donors (Lipinski definition) is 1. The maximum atomic E-state index is 11.5. The largest absolute Gasteiger partial charge is 0.507 e. The molecule has 0 saturated carbocycles. The maximum absolute atomic E-state index is 11.5. The van der Waals surface area contributed by atoms with Crippen LogP contribution in [-0.2, 0) is 9.53 Å². The van der Waals surface area contributed by atoms with Gasteiger partial charge in [0.2, 0.25) is 0 Å². The molecule has 0 saturated heterocycles. The number of aryl methyl sites for hydroxylation is 1. The predicted octanol–water partition coefficient (Wildman–Crippen LogP) is 4.55. The Morgan fingerprint density at radius 2 is 2.12 bits per heavy atom. The van der Waals surface area contributed by atoms with Gasteiger partial charge in [-0.05, 0) is 49.8 Å². The SMILES string of the molecule is CCOC(=O)/C=C/c1cc(C)cc(-c2nc3ccccc3s2)c1O. The average molecular weight is 339 g/mol. The third kappa shape index (κ3) is 3.31. The Morgan fingerprint density at radius 3 is 2.88 bits per heavy atom. The van der Waals surface area contributed by atoms with Gasteiger partial charge < -0.3 is 9.84 Å². The number of benzene rings is 2. The highest BCUT2D eigenvalue weighted by atomic mass is 32.1. The Hall–Kier alpha value is -2.66. The number of aromatic hydroxyl groups is 1. The van der Waals surface area contributed by atoms with Crippen LogP contribution in [0.5, 0.6) is 5.75 Å². The molecule has 5 heteroatoms. The van der Waals surface area contributed by atoms with E-state index in [1.807, 2.05) is 43.3 Å². The molecule has 0 atom stereocenters. The molecule has 1 aromatic heterocycles. The van der Waals surface area contributed by atoms with Gasteiger partial charge in [0.05, 0.1) is 22.4 Å². The van der Waals surface area contributed by atoms with Crippen molar-refractivity contribution in [1.29, 1.82) is 0 Å². The molecule has 1 heterocycles. The van der Waals surface area contributed by atoms with Crippen molar-refractivity contribution in [3.05, 3.63) is 53.6 Å². The molecular formula is C19H17NO3S. The van der Waals surface area contributed by atoms with E-state index in [4.69, 9.17) is 4.74 Å². The van der Waals surface area contributed by atoms with Crippen molar-refractivity contribution in [3.8, 4) is 16.3 Å². The predicted molar refractivity (Wildman–Crippen MR) is 97.1 cm³/mol. The Kier molecular flexibility index (Phi) is 4.62. The van der Waals surface area contributed by atoms with Gasteiger partial charge in [0.1, 0.15) is 10.8 Å². The molecule has 1 N–H and O–H groups in total. The van der Waals surface area contributed by atoms with Gasteiger partial charge in [-0.15, -0.1) is 11.3 Å². The van der Waals surface area contributed by atoms with Crippen LogP contribution in [-0.4, -0.2) is 22.7 Å². The molecule has 0 spiro atoms. The summed E-state index contributed by atoms with van der Waals surface area (Å²) in [5.74, 6) is -0.319. The molecule has 0 aliphatic heterocycles. The highest BCUT2D eigenvalue weighted by molar-refractivity contribution is 7.21. The van der Waals surface area contributed by atoms with E-state index in [0.717, 1.165) is 20.8 Å². The van der Waals surface area contributed by atoms with E-state index in [1.165, 1.54) is 17.4 Å². The highest BCUT2D eigenvalue weighted by Gasteiger charge is 2.13. The van der Waals surface area contributed by atoms with Gasteiger partial charge in [-0.3, -0.25) is 0 Å². The molecule has 0 unspecified atom stereocenters. The number of carbonyl (C=O) groups is 1. The smallest absolute Gasteiger partial charge is 0.330 e. The van der Waals surface area contributed by atoms with Crippen molar-refractivity contribution in [2.75, 3.05) is 6.61 Å². The Morgan fingerprint density at radius 1 is 1.33 bits per heavy atom. The third-order valence-electron chi connectivity index (χ3n) is 3.49. The van der Waals surface area contributed by atoms with E-state index in [0.29, 0.717) is 17.7 Å². The van der Waals surface area contributed by atoms with Gasteiger partial charge >= 0.3 is 5.97 Å². The van der Waals surface area contributed by atoms with Crippen molar-refractivity contribution in [1.82, 2.24) is 4.98 Å². The highest BCUT2D eigenvalue weighted by Crippen LogP contribution is 2.38. The minimum Gasteiger partial charge on any atom is -0.507 e. The molecule has 3 rings (SSSR count). The number of phenolic OH excluding ortho intramolecular Hbond substituents is 1. The molecule has 3 aromatic rings. The van der Waals surface area contributed by atoms with Gasteiger partial charge in [0.25, 0.3) is 0 Å². The molecule has 122 valence electrons.